The maximum atomic E-state index is 10.9. The number of unbranched alkanes of at least 4 members (excludes halogenated alkanes) is 1. The minimum atomic E-state index is -1.25. The van der Waals surface area contributed by atoms with Crippen molar-refractivity contribution in [2.24, 2.45) is 0 Å². The monoisotopic (exact) mass is 218 g/mol. The molecule has 0 spiro atoms. The van der Waals surface area contributed by atoms with Crippen molar-refractivity contribution >= 4 is 17.9 Å². The second-order valence-corrected chi connectivity index (χ2v) is 2.82. The van der Waals surface area contributed by atoms with E-state index in [4.69, 9.17) is 5.11 Å². The van der Waals surface area contributed by atoms with Crippen LogP contribution in [0.25, 0.3) is 0 Å². The molecule has 0 aliphatic carbocycles. The summed E-state index contributed by atoms with van der Waals surface area (Å²) in [5, 5.41) is 8.17. The molecule has 0 aromatic rings. The van der Waals surface area contributed by atoms with Crippen molar-refractivity contribution in [3.05, 3.63) is 0 Å². The zero-order chi connectivity index (χ0) is 11.7. The maximum absolute atomic E-state index is 10.9. The van der Waals surface area contributed by atoms with Crippen LogP contribution in [-0.2, 0) is 23.9 Å². The number of rotatable bonds is 7. The van der Waals surface area contributed by atoms with E-state index in [2.05, 4.69) is 9.47 Å². The largest absolute Gasteiger partial charge is 0.479 e. The van der Waals surface area contributed by atoms with Gasteiger partial charge in [-0.1, -0.05) is 13.3 Å². The SMILES string of the molecule is CCCCC(=O)OCC(=O)OCC(=O)O. The molecule has 0 fully saturated rings. The second kappa shape index (κ2) is 7.78. The fourth-order valence-corrected chi connectivity index (χ4v) is 0.717. The van der Waals surface area contributed by atoms with Gasteiger partial charge in [0.15, 0.2) is 13.2 Å². The van der Waals surface area contributed by atoms with Crippen LogP contribution in [0.2, 0.25) is 0 Å². The Kier molecular flexibility index (Phi) is 6.96. The van der Waals surface area contributed by atoms with E-state index >= 15 is 0 Å². The maximum Gasteiger partial charge on any atom is 0.344 e. The first-order chi connectivity index (χ1) is 7.06. The number of aliphatic carboxylic acids is 1. The van der Waals surface area contributed by atoms with Crippen LogP contribution in [0.3, 0.4) is 0 Å². The van der Waals surface area contributed by atoms with E-state index in [1.807, 2.05) is 6.92 Å². The molecule has 0 aliphatic rings. The molecule has 0 heterocycles. The Bertz CT molecular complexity index is 235. The lowest BCUT2D eigenvalue weighted by Gasteiger charge is -2.03. The van der Waals surface area contributed by atoms with E-state index in [9.17, 15) is 14.4 Å². The van der Waals surface area contributed by atoms with Crippen molar-refractivity contribution in [2.45, 2.75) is 26.2 Å². The van der Waals surface area contributed by atoms with Crippen molar-refractivity contribution in [2.75, 3.05) is 13.2 Å². The Hall–Kier alpha value is -1.59. The molecule has 0 saturated heterocycles. The van der Waals surface area contributed by atoms with Gasteiger partial charge in [-0.3, -0.25) is 4.79 Å². The number of ether oxygens (including phenoxy) is 2. The second-order valence-electron chi connectivity index (χ2n) is 2.82. The van der Waals surface area contributed by atoms with Crippen LogP contribution >= 0.6 is 0 Å². The highest BCUT2D eigenvalue weighted by Crippen LogP contribution is 1.96. The summed E-state index contributed by atoms with van der Waals surface area (Å²) < 4.78 is 8.77. The molecule has 6 nitrogen and oxygen atoms in total. The number of carbonyl (C=O) groups is 3. The molecule has 0 radical (unpaired) electrons. The van der Waals surface area contributed by atoms with Crippen molar-refractivity contribution < 1.29 is 29.0 Å². The Morgan fingerprint density at radius 2 is 1.67 bits per heavy atom. The average molecular weight is 218 g/mol. The molecule has 0 atom stereocenters. The van der Waals surface area contributed by atoms with Gasteiger partial charge in [-0.05, 0) is 6.42 Å². The molecule has 6 heteroatoms. The number of hydrogen-bond acceptors (Lipinski definition) is 5. The van der Waals surface area contributed by atoms with E-state index in [1.165, 1.54) is 0 Å². The van der Waals surface area contributed by atoms with Gasteiger partial charge in [0.2, 0.25) is 0 Å². The number of carbonyl (C=O) groups excluding carboxylic acids is 2. The molecule has 0 bridgehead atoms. The van der Waals surface area contributed by atoms with Crippen molar-refractivity contribution in [3.63, 3.8) is 0 Å². The Balaban J connectivity index is 3.53. The molecule has 15 heavy (non-hydrogen) atoms. The van der Waals surface area contributed by atoms with Crippen molar-refractivity contribution in [1.82, 2.24) is 0 Å². The van der Waals surface area contributed by atoms with E-state index in [1.54, 1.807) is 0 Å². The van der Waals surface area contributed by atoms with Crippen LogP contribution in [0.5, 0.6) is 0 Å². The number of carboxylic acids is 1. The molecule has 1 N–H and O–H groups in total. The fraction of sp³-hybridized carbons (Fsp3) is 0.667. The predicted octanol–water partition coefficient (Wildman–Crippen LogP) is 0.348. The molecule has 0 aromatic carbocycles. The van der Waals surface area contributed by atoms with Gasteiger partial charge in [0.25, 0.3) is 0 Å². The molecule has 0 aliphatic heterocycles. The fourth-order valence-electron chi connectivity index (χ4n) is 0.717. The van der Waals surface area contributed by atoms with Gasteiger partial charge in [-0.2, -0.15) is 0 Å². The normalized spacial score (nSPS) is 9.40. The van der Waals surface area contributed by atoms with Gasteiger partial charge in [0.1, 0.15) is 0 Å². The Labute approximate surface area is 87.2 Å². The van der Waals surface area contributed by atoms with Gasteiger partial charge in [0.05, 0.1) is 0 Å². The van der Waals surface area contributed by atoms with Crippen LogP contribution in [0, 0.1) is 0 Å². The molecule has 0 rings (SSSR count). The molecule has 0 saturated carbocycles. The number of esters is 2. The lowest BCUT2D eigenvalue weighted by Crippen LogP contribution is -2.19. The smallest absolute Gasteiger partial charge is 0.344 e. The Morgan fingerprint density at radius 1 is 1.07 bits per heavy atom. The molecule has 0 aromatic heterocycles. The summed E-state index contributed by atoms with van der Waals surface area (Å²) in [6.07, 6.45) is 1.81. The highest BCUT2D eigenvalue weighted by molar-refractivity contribution is 5.78. The van der Waals surface area contributed by atoms with Gasteiger partial charge in [-0.25, -0.2) is 9.59 Å². The van der Waals surface area contributed by atoms with Gasteiger partial charge < -0.3 is 14.6 Å². The van der Waals surface area contributed by atoms with Crippen molar-refractivity contribution in [3.8, 4) is 0 Å². The summed E-state index contributed by atoms with van der Waals surface area (Å²) in [5.41, 5.74) is 0. The Morgan fingerprint density at radius 3 is 2.20 bits per heavy atom. The van der Waals surface area contributed by atoms with Crippen molar-refractivity contribution in [1.29, 1.82) is 0 Å². The summed E-state index contributed by atoms with van der Waals surface area (Å²) in [7, 11) is 0. The first-order valence-corrected chi connectivity index (χ1v) is 4.59. The third kappa shape index (κ3) is 8.73. The molecule has 86 valence electrons. The zero-order valence-corrected chi connectivity index (χ0v) is 8.52. The van der Waals surface area contributed by atoms with Crippen LogP contribution in [0.4, 0.5) is 0 Å². The van der Waals surface area contributed by atoms with E-state index in [0.717, 1.165) is 6.42 Å². The highest BCUT2D eigenvalue weighted by atomic mass is 16.6. The minimum Gasteiger partial charge on any atom is -0.479 e. The van der Waals surface area contributed by atoms with Crippen LogP contribution in [0.1, 0.15) is 26.2 Å². The summed E-state index contributed by atoms with van der Waals surface area (Å²) >= 11 is 0. The molecular formula is C9H14O6. The number of carboxylic acid groups (broad SMARTS) is 1. The highest BCUT2D eigenvalue weighted by Gasteiger charge is 2.09. The predicted molar refractivity (Wildman–Crippen MR) is 49.1 cm³/mol. The van der Waals surface area contributed by atoms with Crippen LogP contribution in [-0.4, -0.2) is 36.2 Å². The topological polar surface area (TPSA) is 89.9 Å². The lowest BCUT2D eigenvalue weighted by molar-refractivity contribution is -0.163. The number of hydrogen-bond donors (Lipinski definition) is 1. The summed E-state index contributed by atoms with van der Waals surface area (Å²) in [5.74, 6) is -2.59. The first-order valence-electron chi connectivity index (χ1n) is 4.59. The summed E-state index contributed by atoms with van der Waals surface area (Å²) in [4.78, 5) is 31.7. The lowest BCUT2D eigenvalue weighted by atomic mass is 10.2. The van der Waals surface area contributed by atoms with Gasteiger partial charge in [0, 0.05) is 6.42 Å². The van der Waals surface area contributed by atoms with Gasteiger partial charge in [-0.15, -0.1) is 0 Å². The van der Waals surface area contributed by atoms with Gasteiger partial charge >= 0.3 is 17.9 Å². The van der Waals surface area contributed by atoms with E-state index in [0.29, 0.717) is 6.42 Å². The van der Waals surface area contributed by atoms with Crippen LogP contribution < -0.4 is 0 Å². The third-order valence-electron chi connectivity index (χ3n) is 1.44. The summed E-state index contributed by atoms with van der Waals surface area (Å²) in [6.45, 7) is 0.676. The molecule has 0 unspecified atom stereocenters. The first kappa shape index (κ1) is 13.4. The molecular weight excluding hydrogens is 204 g/mol. The quantitative estimate of drug-likeness (QED) is 0.620. The zero-order valence-electron chi connectivity index (χ0n) is 8.52. The van der Waals surface area contributed by atoms with Crippen LogP contribution in [0.15, 0.2) is 0 Å². The minimum absolute atomic E-state index is 0.253. The van der Waals surface area contributed by atoms with E-state index < -0.39 is 31.1 Å². The average Bonchev–Trinajstić information content (AvgIpc) is 2.20. The summed E-state index contributed by atoms with van der Waals surface area (Å²) in [6, 6.07) is 0. The standard InChI is InChI=1S/C9H14O6/c1-2-3-4-8(12)15-6-9(13)14-5-7(10)11/h2-6H2,1H3,(H,10,11). The third-order valence-corrected chi connectivity index (χ3v) is 1.44. The van der Waals surface area contributed by atoms with E-state index in [-0.39, 0.29) is 6.42 Å². The molecule has 0 amide bonds.